The number of amides is 2. The van der Waals surface area contributed by atoms with Crippen LogP contribution in [-0.2, 0) is 9.59 Å². The van der Waals surface area contributed by atoms with Crippen LogP contribution in [0.15, 0.2) is 32.9 Å². The summed E-state index contributed by atoms with van der Waals surface area (Å²) in [5.41, 5.74) is 0.529. The van der Waals surface area contributed by atoms with Crippen LogP contribution in [0.25, 0.3) is 0 Å². The second kappa shape index (κ2) is 11.5. The zero-order valence-electron chi connectivity index (χ0n) is 15.1. The van der Waals surface area contributed by atoms with Gasteiger partial charge in [-0.05, 0) is 18.6 Å². The number of aromatic nitrogens is 2. The van der Waals surface area contributed by atoms with Gasteiger partial charge in [0.15, 0.2) is 8.68 Å². The summed E-state index contributed by atoms with van der Waals surface area (Å²) in [6.07, 6.45) is 2.30. The minimum absolute atomic E-state index is 0.0428. The number of halogens is 1. The number of nitrogens with zero attached hydrogens (tertiary/aromatic N) is 3. The fourth-order valence-corrected chi connectivity index (χ4v) is 5.20. The number of carbonyl (C=O) groups is 2. The van der Waals surface area contributed by atoms with Crippen molar-refractivity contribution in [1.29, 1.82) is 0 Å². The van der Waals surface area contributed by atoms with Crippen LogP contribution in [0.2, 0.25) is 5.02 Å². The second-order valence-corrected chi connectivity index (χ2v) is 9.55. The number of rotatable bonds is 10. The molecule has 0 aliphatic heterocycles. The van der Waals surface area contributed by atoms with Crippen molar-refractivity contribution in [2.75, 3.05) is 30.4 Å². The van der Waals surface area contributed by atoms with E-state index in [4.69, 9.17) is 11.6 Å². The standard InChI is InChI=1S/C17H21ClN4O2S3/c1-3-4-9-25-16-20-21-17(27-16)26-11-15(24)22(2)10-14(23)19-13-8-6-5-7-12(13)18/h5-8H,3-4,9-11H2,1-2H3,(H,19,23). The summed E-state index contributed by atoms with van der Waals surface area (Å²) in [5, 5.41) is 11.4. The van der Waals surface area contributed by atoms with E-state index in [-0.39, 0.29) is 24.1 Å². The fraction of sp³-hybridized carbons (Fsp3) is 0.412. The molecule has 0 saturated carbocycles. The Labute approximate surface area is 176 Å². The first-order chi connectivity index (χ1) is 13.0. The number of benzene rings is 1. The van der Waals surface area contributed by atoms with Gasteiger partial charge in [0.1, 0.15) is 0 Å². The van der Waals surface area contributed by atoms with Gasteiger partial charge in [-0.1, -0.05) is 71.9 Å². The molecule has 0 bridgehead atoms. The lowest BCUT2D eigenvalue weighted by Gasteiger charge is -2.16. The van der Waals surface area contributed by atoms with Crippen LogP contribution >= 0.6 is 46.5 Å². The molecular weight excluding hydrogens is 424 g/mol. The molecule has 0 spiro atoms. The van der Waals surface area contributed by atoms with Gasteiger partial charge < -0.3 is 10.2 Å². The van der Waals surface area contributed by atoms with E-state index in [1.54, 1.807) is 43.1 Å². The van der Waals surface area contributed by atoms with Crippen molar-refractivity contribution in [3.8, 4) is 0 Å². The lowest BCUT2D eigenvalue weighted by atomic mass is 10.3. The Morgan fingerprint density at radius 3 is 2.63 bits per heavy atom. The van der Waals surface area contributed by atoms with Crippen LogP contribution in [0.1, 0.15) is 19.8 Å². The number of unbranched alkanes of at least 4 members (excludes halogenated alkanes) is 1. The highest BCUT2D eigenvalue weighted by Crippen LogP contribution is 2.29. The summed E-state index contributed by atoms with van der Waals surface area (Å²) < 4.78 is 1.68. The fourth-order valence-electron chi connectivity index (χ4n) is 1.91. The Morgan fingerprint density at radius 1 is 1.22 bits per heavy atom. The lowest BCUT2D eigenvalue weighted by molar-refractivity contribution is -0.131. The summed E-state index contributed by atoms with van der Waals surface area (Å²) in [4.78, 5) is 25.7. The Kier molecular flexibility index (Phi) is 9.40. The molecule has 0 unspecified atom stereocenters. The molecule has 0 aliphatic rings. The van der Waals surface area contributed by atoms with Crippen molar-refractivity contribution in [3.05, 3.63) is 29.3 Å². The van der Waals surface area contributed by atoms with Crippen LogP contribution in [0.5, 0.6) is 0 Å². The average molecular weight is 445 g/mol. The number of likely N-dealkylation sites (N-methyl/N-ethyl adjacent to an activating group) is 1. The predicted molar refractivity (Wildman–Crippen MR) is 114 cm³/mol. The van der Waals surface area contributed by atoms with E-state index in [0.29, 0.717) is 10.7 Å². The third-order valence-electron chi connectivity index (χ3n) is 3.38. The van der Waals surface area contributed by atoms with Crippen molar-refractivity contribution >= 4 is 64.0 Å². The molecule has 2 aromatic rings. The molecule has 0 radical (unpaired) electrons. The molecule has 0 fully saturated rings. The molecular formula is C17H21ClN4O2S3. The SMILES string of the molecule is CCCCSc1nnc(SCC(=O)N(C)CC(=O)Nc2ccccc2Cl)s1. The molecule has 6 nitrogen and oxygen atoms in total. The third-order valence-corrected chi connectivity index (χ3v) is 6.98. The summed E-state index contributed by atoms with van der Waals surface area (Å²) >= 11 is 10.5. The molecule has 0 atom stereocenters. The maximum Gasteiger partial charge on any atom is 0.244 e. The van der Waals surface area contributed by atoms with Gasteiger partial charge in [0.25, 0.3) is 0 Å². The number of hydrogen-bond donors (Lipinski definition) is 1. The summed E-state index contributed by atoms with van der Waals surface area (Å²) in [6, 6.07) is 6.97. The van der Waals surface area contributed by atoms with E-state index in [0.717, 1.165) is 27.3 Å². The van der Waals surface area contributed by atoms with Gasteiger partial charge in [-0.15, -0.1) is 10.2 Å². The number of hydrogen-bond acceptors (Lipinski definition) is 7. The third kappa shape index (κ3) is 7.69. The molecule has 1 aromatic heterocycles. The minimum Gasteiger partial charge on any atom is -0.336 e. The van der Waals surface area contributed by atoms with Crippen molar-refractivity contribution in [2.24, 2.45) is 0 Å². The van der Waals surface area contributed by atoms with E-state index < -0.39 is 0 Å². The molecule has 0 aliphatic carbocycles. The summed E-state index contributed by atoms with van der Waals surface area (Å²) in [5.74, 6) is 0.793. The molecule has 2 amide bonds. The van der Waals surface area contributed by atoms with Crippen LogP contribution in [-0.4, -0.2) is 52.0 Å². The van der Waals surface area contributed by atoms with Gasteiger partial charge in [-0.3, -0.25) is 9.59 Å². The normalized spacial score (nSPS) is 10.6. The highest BCUT2D eigenvalue weighted by molar-refractivity contribution is 8.03. The van der Waals surface area contributed by atoms with Crippen molar-refractivity contribution < 1.29 is 9.59 Å². The highest BCUT2D eigenvalue weighted by atomic mass is 35.5. The smallest absolute Gasteiger partial charge is 0.244 e. The topological polar surface area (TPSA) is 75.2 Å². The van der Waals surface area contributed by atoms with Crippen LogP contribution in [0.3, 0.4) is 0 Å². The highest BCUT2D eigenvalue weighted by Gasteiger charge is 2.15. The molecule has 1 aromatic carbocycles. The van der Waals surface area contributed by atoms with Gasteiger partial charge in [0, 0.05) is 12.8 Å². The number of para-hydroxylation sites is 1. The van der Waals surface area contributed by atoms with Crippen LogP contribution in [0, 0.1) is 0 Å². The van der Waals surface area contributed by atoms with E-state index >= 15 is 0 Å². The Bertz CT molecular complexity index is 772. The molecule has 1 heterocycles. The van der Waals surface area contributed by atoms with Crippen LogP contribution < -0.4 is 5.32 Å². The van der Waals surface area contributed by atoms with Crippen molar-refractivity contribution in [2.45, 2.75) is 28.4 Å². The summed E-state index contributed by atoms with van der Waals surface area (Å²) in [7, 11) is 1.60. The van der Waals surface area contributed by atoms with Crippen molar-refractivity contribution in [3.63, 3.8) is 0 Å². The van der Waals surface area contributed by atoms with Crippen molar-refractivity contribution in [1.82, 2.24) is 15.1 Å². The first-order valence-electron chi connectivity index (χ1n) is 8.37. The van der Waals surface area contributed by atoms with E-state index in [2.05, 4.69) is 22.4 Å². The van der Waals surface area contributed by atoms with Gasteiger partial charge in [-0.2, -0.15) is 0 Å². The zero-order chi connectivity index (χ0) is 19.6. The molecule has 1 N–H and O–H groups in total. The maximum atomic E-state index is 12.2. The van der Waals surface area contributed by atoms with Gasteiger partial charge >= 0.3 is 0 Å². The first-order valence-corrected chi connectivity index (χ1v) is 11.5. The Balaban J connectivity index is 1.75. The summed E-state index contributed by atoms with van der Waals surface area (Å²) in [6.45, 7) is 2.11. The molecule has 27 heavy (non-hydrogen) atoms. The number of nitrogens with one attached hydrogen (secondary N) is 1. The number of anilines is 1. The molecule has 2 rings (SSSR count). The molecule has 10 heteroatoms. The Hall–Kier alpha value is -1.29. The average Bonchev–Trinajstić information content (AvgIpc) is 3.09. The largest absolute Gasteiger partial charge is 0.336 e. The minimum atomic E-state index is -0.297. The van der Waals surface area contributed by atoms with Gasteiger partial charge in [-0.25, -0.2) is 0 Å². The molecule has 0 saturated heterocycles. The lowest BCUT2D eigenvalue weighted by Crippen LogP contribution is -2.36. The van der Waals surface area contributed by atoms with Gasteiger partial charge in [0.05, 0.1) is 23.0 Å². The van der Waals surface area contributed by atoms with Gasteiger partial charge in [0.2, 0.25) is 11.8 Å². The quantitative estimate of drug-likeness (QED) is 0.435. The number of thioether (sulfide) groups is 2. The predicted octanol–water partition coefficient (Wildman–Crippen LogP) is 4.27. The monoisotopic (exact) mass is 444 g/mol. The zero-order valence-corrected chi connectivity index (χ0v) is 18.3. The van der Waals surface area contributed by atoms with E-state index in [9.17, 15) is 9.59 Å². The van der Waals surface area contributed by atoms with E-state index in [1.807, 2.05) is 0 Å². The first kappa shape index (κ1) is 22.0. The second-order valence-electron chi connectivity index (χ2n) is 5.60. The maximum absolute atomic E-state index is 12.2. The van der Waals surface area contributed by atoms with Crippen LogP contribution in [0.4, 0.5) is 5.69 Å². The molecule has 146 valence electrons. The van der Waals surface area contributed by atoms with E-state index in [1.165, 1.54) is 28.0 Å². The number of carbonyl (C=O) groups excluding carboxylic acids is 2. The Morgan fingerprint density at radius 2 is 1.93 bits per heavy atom.